The Kier molecular flexibility index (Phi) is 6.47. The molecule has 17 heavy (non-hydrogen) atoms. The van der Waals surface area contributed by atoms with Gasteiger partial charge >= 0.3 is 0 Å². The fraction of sp³-hybridized carbons (Fsp3) is 0.917. The maximum Gasteiger partial charge on any atom is 0.222 e. The molecule has 5 heteroatoms. The summed E-state index contributed by atoms with van der Waals surface area (Å²) in [6.07, 6.45) is 2.17. The SMILES string of the molecule is CCOC(CN)CC(=O)NC1CCOC(C)C1. The van der Waals surface area contributed by atoms with E-state index in [0.29, 0.717) is 19.6 Å². The first-order valence-electron chi connectivity index (χ1n) is 6.38. The summed E-state index contributed by atoms with van der Waals surface area (Å²) in [6, 6.07) is 0.228. The van der Waals surface area contributed by atoms with Crippen molar-refractivity contribution in [3.8, 4) is 0 Å². The Labute approximate surface area is 103 Å². The van der Waals surface area contributed by atoms with Crippen LogP contribution in [0.1, 0.15) is 33.1 Å². The average molecular weight is 244 g/mol. The molecule has 0 aromatic rings. The van der Waals surface area contributed by atoms with Gasteiger partial charge in [0.05, 0.1) is 18.6 Å². The van der Waals surface area contributed by atoms with Gasteiger partial charge in [0.1, 0.15) is 0 Å². The van der Waals surface area contributed by atoms with Crippen molar-refractivity contribution in [1.82, 2.24) is 5.32 Å². The van der Waals surface area contributed by atoms with Crippen molar-refractivity contribution >= 4 is 5.91 Å². The van der Waals surface area contributed by atoms with Gasteiger partial charge in [-0.1, -0.05) is 0 Å². The monoisotopic (exact) mass is 244 g/mol. The molecule has 3 unspecified atom stereocenters. The number of nitrogens with two attached hydrogens (primary N) is 1. The third-order valence-corrected chi connectivity index (χ3v) is 2.93. The predicted molar refractivity (Wildman–Crippen MR) is 65.7 cm³/mol. The number of hydrogen-bond donors (Lipinski definition) is 2. The first-order chi connectivity index (χ1) is 8.15. The van der Waals surface area contributed by atoms with Gasteiger partial charge in [0.2, 0.25) is 5.91 Å². The summed E-state index contributed by atoms with van der Waals surface area (Å²) in [5.74, 6) is 0.0213. The fourth-order valence-corrected chi connectivity index (χ4v) is 2.07. The summed E-state index contributed by atoms with van der Waals surface area (Å²) in [7, 11) is 0. The van der Waals surface area contributed by atoms with Gasteiger partial charge < -0.3 is 20.5 Å². The van der Waals surface area contributed by atoms with Gasteiger partial charge in [0.25, 0.3) is 0 Å². The number of hydrogen-bond acceptors (Lipinski definition) is 4. The van der Waals surface area contributed by atoms with Crippen molar-refractivity contribution in [1.29, 1.82) is 0 Å². The van der Waals surface area contributed by atoms with Gasteiger partial charge in [0, 0.05) is 25.8 Å². The predicted octanol–water partition coefficient (Wildman–Crippen LogP) is 0.424. The van der Waals surface area contributed by atoms with E-state index >= 15 is 0 Å². The van der Waals surface area contributed by atoms with E-state index in [2.05, 4.69) is 5.32 Å². The van der Waals surface area contributed by atoms with Crippen LogP contribution in [0.5, 0.6) is 0 Å². The molecule has 0 saturated carbocycles. The normalized spacial score (nSPS) is 26.5. The maximum absolute atomic E-state index is 11.8. The molecule has 1 aliphatic heterocycles. The zero-order valence-corrected chi connectivity index (χ0v) is 10.8. The molecule has 1 heterocycles. The molecular formula is C12H24N2O3. The summed E-state index contributed by atoms with van der Waals surface area (Å²) in [4.78, 5) is 11.8. The zero-order valence-electron chi connectivity index (χ0n) is 10.8. The van der Waals surface area contributed by atoms with Crippen molar-refractivity contribution < 1.29 is 14.3 Å². The fourth-order valence-electron chi connectivity index (χ4n) is 2.07. The largest absolute Gasteiger partial charge is 0.378 e. The van der Waals surface area contributed by atoms with Crippen molar-refractivity contribution in [2.75, 3.05) is 19.8 Å². The lowest BCUT2D eigenvalue weighted by Crippen LogP contribution is -2.43. The highest BCUT2D eigenvalue weighted by Crippen LogP contribution is 2.13. The van der Waals surface area contributed by atoms with Crippen LogP contribution in [0.15, 0.2) is 0 Å². The van der Waals surface area contributed by atoms with Crippen molar-refractivity contribution in [2.45, 2.75) is 51.4 Å². The van der Waals surface area contributed by atoms with E-state index in [1.54, 1.807) is 0 Å². The van der Waals surface area contributed by atoms with Crippen LogP contribution in [0.25, 0.3) is 0 Å². The second kappa shape index (κ2) is 7.63. The molecule has 3 atom stereocenters. The molecular weight excluding hydrogens is 220 g/mol. The molecule has 1 rings (SSSR count). The number of carbonyl (C=O) groups excluding carboxylic acids is 1. The Hall–Kier alpha value is -0.650. The lowest BCUT2D eigenvalue weighted by atomic mass is 10.0. The summed E-state index contributed by atoms with van der Waals surface area (Å²) in [6.45, 7) is 5.62. The third-order valence-electron chi connectivity index (χ3n) is 2.93. The second-order valence-electron chi connectivity index (χ2n) is 4.49. The van der Waals surface area contributed by atoms with Crippen molar-refractivity contribution in [3.63, 3.8) is 0 Å². The Bertz CT molecular complexity index is 236. The van der Waals surface area contributed by atoms with E-state index in [-0.39, 0.29) is 24.2 Å². The van der Waals surface area contributed by atoms with Crippen LogP contribution in [-0.2, 0) is 14.3 Å². The van der Waals surface area contributed by atoms with Gasteiger partial charge in [-0.15, -0.1) is 0 Å². The maximum atomic E-state index is 11.8. The summed E-state index contributed by atoms with van der Waals surface area (Å²) >= 11 is 0. The highest BCUT2D eigenvalue weighted by molar-refractivity contribution is 5.76. The molecule has 1 fully saturated rings. The summed E-state index contributed by atoms with van der Waals surface area (Å²) in [5, 5.41) is 3.02. The second-order valence-corrected chi connectivity index (χ2v) is 4.49. The van der Waals surface area contributed by atoms with E-state index in [4.69, 9.17) is 15.2 Å². The van der Waals surface area contributed by atoms with Gasteiger partial charge in [-0.05, 0) is 26.7 Å². The average Bonchev–Trinajstić information content (AvgIpc) is 2.28. The molecule has 0 aromatic heterocycles. The molecule has 0 aromatic carbocycles. The van der Waals surface area contributed by atoms with Gasteiger partial charge in [-0.3, -0.25) is 4.79 Å². The Balaban J connectivity index is 2.27. The van der Waals surface area contributed by atoms with Gasteiger partial charge in [-0.2, -0.15) is 0 Å². The van der Waals surface area contributed by atoms with E-state index in [1.807, 2.05) is 13.8 Å². The third kappa shape index (κ3) is 5.48. The number of rotatable bonds is 6. The number of nitrogens with one attached hydrogen (secondary N) is 1. The van der Waals surface area contributed by atoms with Crippen LogP contribution < -0.4 is 11.1 Å². The Morgan fingerprint density at radius 2 is 2.41 bits per heavy atom. The molecule has 0 aliphatic carbocycles. The lowest BCUT2D eigenvalue weighted by Gasteiger charge is -2.28. The van der Waals surface area contributed by atoms with E-state index < -0.39 is 0 Å². The number of carbonyl (C=O) groups is 1. The molecule has 5 nitrogen and oxygen atoms in total. The van der Waals surface area contributed by atoms with Crippen LogP contribution in [0.3, 0.4) is 0 Å². The van der Waals surface area contributed by atoms with Crippen LogP contribution in [0, 0.1) is 0 Å². The lowest BCUT2D eigenvalue weighted by molar-refractivity contribution is -0.125. The highest BCUT2D eigenvalue weighted by Gasteiger charge is 2.22. The summed E-state index contributed by atoms with van der Waals surface area (Å²) in [5.41, 5.74) is 5.54. The first kappa shape index (κ1) is 14.4. The van der Waals surface area contributed by atoms with Crippen LogP contribution in [0.2, 0.25) is 0 Å². The topological polar surface area (TPSA) is 73.6 Å². The van der Waals surface area contributed by atoms with Crippen LogP contribution >= 0.6 is 0 Å². The van der Waals surface area contributed by atoms with E-state index in [1.165, 1.54) is 0 Å². The molecule has 3 N–H and O–H groups in total. The molecule has 100 valence electrons. The van der Waals surface area contributed by atoms with Crippen LogP contribution in [0.4, 0.5) is 0 Å². The summed E-state index contributed by atoms with van der Waals surface area (Å²) < 4.78 is 10.8. The number of ether oxygens (including phenoxy) is 2. The number of amides is 1. The standard InChI is InChI=1S/C12H24N2O3/c1-3-16-11(8-13)7-12(15)14-10-4-5-17-9(2)6-10/h9-11H,3-8,13H2,1-2H3,(H,14,15). The molecule has 1 aliphatic rings. The van der Waals surface area contributed by atoms with Crippen molar-refractivity contribution in [3.05, 3.63) is 0 Å². The minimum absolute atomic E-state index is 0.0213. The first-order valence-corrected chi connectivity index (χ1v) is 6.38. The zero-order chi connectivity index (χ0) is 12.7. The minimum Gasteiger partial charge on any atom is -0.378 e. The molecule has 0 spiro atoms. The molecule has 0 bridgehead atoms. The molecule has 1 saturated heterocycles. The van der Waals surface area contributed by atoms with Gasteiger partial charge in [-0.25, -0.2) is 0 Å². The quantitative estimate of drug-likeness (QED) is 0.710. The smallest absolute Gasteiger partial charge is 0.222 e. The van der Waals surface area contributed by atoms with E-state index in [9.17, 15) is 4.79 Å². The van der Waals surface area contributed by atoms with Crippen LogP contribution in [-0.4, -0.2) is 43.9 Å². The molecule has 1 amide bonds. The minimum atomic E-state index is -0.169. The van der Waals surface area contributed by atoms with Gasteiger partial charge in [0.15, 0.2) is 0 Å². The highest BCUT2D eigenvalue weighted by atomic mass is 16.5. The Morgan fingerprint density at radius 1 is 1.65 bits per heavy atom. The van der Waals surface area contributed by atoms with Crippen molar-refractivity contribution in [2.24, 2.45) is 5.73 Å². The Morgan fingerprint density at radius 3 is 3.00 bits per heavy atom. The van der Waals surface area contributed by atoms with E-state index in [0.717, 1.165) is 19.4 Å². The molecule has 0 radical (unpaired) electrons.